The van der Waals surface area contributed by atoms with Gasteiger partial charge in [-0.2, -0.15) is 0 Å². The first-order valence-electron chi connectivity index (χ1n) is 9.62. The number of hydrogen-bond donors (Lipinski definition) is 0. The average Bonchev–Trinajstić information content (AvgIpc) is 3.02. The normalized spacial score (nSPS) is 40.1. The molecule has 1 saturated carbocycles. The van der Waals surface area contributed by atoms with Crippen molar-refractivity contribution in [3.8, 4) is 0 Å². The van der Waals surface area contributed by atoms with E-state index in [-0.39, 0.29) is 23.7 Å². The predicted molar refractivity (Wildman–Crippen MR) is 116 cm³/mol. The lowest BCUT2D eigenvalue weighted by Gasteiger charge is -2.54. The Morgan fingerprint density at radius 3 is 1.24 bits per heavy atom. The summed E-state index contributed by atoms with van der Waals surface area (Å²) < 4.78 is 12.0. The van der Waals surface area contributed by atoms with E-state index in [2.05, 4.69) is 48.5 Å². The van der Waals surface area contributed by atoms with Gasteiger partial charge in [0.25, 0.3) is 0 Å². The van der Waals surface area contributed by atoms with Crippen LogP contribution in [0.15, 0.2) is 58.6 Å². The molecule has 150 valence electrons. The van der Waals surface area contributed by atoms with E-state index in [0.29, 0.717) is 10.1 Å². The van der Waals surface area contributed by atoms with Crippen LogP contribution in [0.5, 0.6) is 0 Å². The van der Waals surface area contributed by atoms with Crippen LogP contribution in [0.1, 0.15) is 34.1 Å². The van der Waals surface area contributed by atoms with Crippen molar-refractivity contribution in [2.45, 2.75) is 27.4 Å². The van der Waals surface area contributed by atoms with E-state index in [1.807, 2.05) is 0 Å². The maximum absolute atomic E-state index is 7.45. The Bertz CT molecular complexity index is 966. The molecule has 2 aromatic carbocycles. The molecule has 0 N–H and O–H groups in total. The number of benzene rings is 2. The molecule has 0 saturated heterocycles. The van der Waals surface area contributed by atoms with Gasteiger partial charge in [-0.3, -0.25) is 0 Å². The van der Waals surface area contributed by atoms with Crippen molar-refractivity contribution in [3.63, 3.8) is 0 Å². The van der Waals surface area contributed by atoms with Crippen molar-refractivity contribution in [3.05, 3.63) is 80.8 Å². The fraction of sp³-hybridized carbons (Fsp3) is 0.391. The first kappa shape index (κ1) is 19.0. The standard InChI is InChI=1S/C23H18Cl4O2/c1-28-23(29-2)21(26)17-15-11-7-3-4-8-12(11)16(14-10-6-5-9-13(14)15)18(17)22(23,27)20(25)19(21)24/h3-10,15-18H,1-2H3/t15?,16?,17-,18+,21-,22-/m0/s1. The lowest BCUT2D eigenvalue weighted by molar-refractivity contribution is -0.220. The van der Waals surface area contributed by atoms with E-state index in [4.69, 9.17) is 55.9 Å². The van der Waals surface area contributed by atoms with Crippen LogP contribution in [0, 0.1) is 11.8 Å². The molecule has 0 unspecified atom stereocenters. The fourth-order valence-electron chi connectivity index (χ4n) is 6.91. The topological polar surface area (TPSA) is 18.5 Å². The Kier molecular flexibility index (Phi) is 3.75. The molecule has 0 aromatic heterocycles. The molecule has 0 spiro atoms. The van der Waals surface area contributed by atoms with Gasteiger partial charge in [0.15, 0.2) is 0 Å². The van der Waals surface area contributed by atoms with Gasteiger partial charge in [0, 0.05) is 37.9 Å². The smallest absolute Gasteiger partial charge is 0.217 e. The van der Waals surface area contributed by atoms with Crippen molar-refractivity contribution in [2.24, 2.45) is 11.8 Å². The number of alkyl halides is 2. The minimum absolute atomic E-state index is 0.0266. The summed E-state index contributed by atoms with van der Waals surface area (Å²) in [6.45, 7) is 0. The Morgan fingerprint density at radius 1 is 0.655 bits per heavy atom. The number of halogens is 4. The quantitative estimate of drug-likeness (QED) is 0.388. The van der Waals surface area contributed by atoms with Crippen LogP contribution in [0.4, 0.5) is 0 Å². The van der Waals surface area contributed by atoms with E-state index < -0.39 is 15.5 Å². The number of hydrogen-bond acceptors (Lipinski definition) is 2. The highest BCUT2D eigenvalue weighted by molar-refractivity contribution is 6.52. The van der Waals surface area contributed by atoms with Gasteiger partial charge in [0.2, 0.25) is 5.79 Å². The fourth-order valence-corrected chi connectivity index (χ4v) is 9.18. The first-order valence-corrected chi connectivity index (χ1v) is 11.1. The molecule has 2 nitrogen and oxygen atoms in total. The van der Waals surface area contributed by atoms with Gasteiger partial charge in [-0.25, -0.2) is 0 Å². The maximum atomic E-state index is 7.45. The third-order valence-corrected chi connectivity index (χ3v) is 10.4. The van der Waals surface area contributed by atoms with Gasteiger partial charge in [-0.05, 0) is 22.3 Å². The Labute approximate surface area is 189 Å². The van der Waals surface area contributed by atoms with E-state index in [1.165, 1.54) is 22.3 Å². The largest absolute Gasteiger partial charge is 0.350 e. The molecule has 0 aliphatic heterocycles. The molecule has 4 atom stereocenters. The van der Waals surface area contributed by atoms with Gasteiger partial charge >= 0.3 is 0 Å². The zero-order valence-corrected chi connectivity index (χ0v) is 18.8. The van der Waals surface area contributed by atoms with Gasteiger partial charge in [0.05, 0.1) is 10.1 Å². The SMILES string of the molecule is COC1(OC)[C@@]2(Cl)C(Cl)=C(Cl)[C@@]1(Cl)[C@H]1C3c4ccccc4C(c4ccccc43)[C@H]12. The van der Waals surface area contributed by atoms with Crippen LogP contribution >= 0.6 is 46.4 Å². The molecule has 5 aliphatic rings. The minimum Gasteiger partial charge on any atom is -0.350 e. The summed E-state index contributed by atoms with van der Waals surface area (Å²) in [6, 6.07) is 17.1. The van der Waals surface area contributed by atoms with E-state index in [9.17, 15) is 0 Å². The average molecular weight is 468 g/mol. The zero-order chi connectivity index (χ0) is 20.3. The highest BCUT2D eigenvalue weighted by Gasteiger charge is 2.87. The number of rotatable bonds is 2. The molecule has 0 heterocycles. The maximum Gasteiger partial charge on any atom is 0.217 e. The molecule has 1 fully saturated rings. The molecule has 0 amide bonds. The summed E-state index contributed by atoms with van der Waals surface area (Å²) in [4.78, 5) is -2.38. The first-order chi connectivity index (χ1) is 13.9. The lowest BCUT2D eigenvalue weighted by atomic mass is 9.51. The van der Waals surface area contributed by atoms with Crippen molar-refractivity contribution in [2.75, 3.05) is 14.2 Å². The van der Waals surface area contributed by atoms with Gasteiger partial charge < -0.3 is 9.47 Å². The van der Waals surface area contributed by atoms with Crippen molar-refractivity contribution in [1.82, 2.24) is 0 Å². The number of methoxy groups -OCH3 is 2. The van der Waals surface area contributed by atoms with Crippen LogP contribution in [0.25, 0.3) is 0 Å². The molecule has 7 rings (SSSR count). The Hall–Kier alpha value is -0.740. The van der Waals surface area contributed by atoms with Crippen molar-refractivity contribution in [1.29, 1.82) is 0 Å². The van der Waals surface area contributed by atoms with Gasteiger partial charge in [-0.15, -0.1) is 23.2 Å². The van der Waals surface area contributed by atoms with E-state index >= 15 is 0 Å². The van der Waals surface area contributed by atoms with Crippen LogP contribution in [0.3, 0.4) is 0 Å². The van der Waals surface area contributed by atoms with Crippen LogP contribution in [0.2, 0.25) is 0 Å². The van der Waals surface area contributed by atoms with Crippen molar-refractivity contribution < 1.29 is 9.47 Å². The van der Waals surface area contributed by atoms with Crippen LogP contribution in [-0.4, -0.2) is 29.8 Å². The Balaban J connectivity index is 1.75. The lowest BCUT2D eigenvalue weighted by Crippen LogP contribution is -2.57. The highest BCUT2D eigenvalue weighted by atomic mass is 35.5. The van der Waals surface area contributed by atoms with Crippen LogP contribution in [-0.2, 0) is 9.47 Å². The molecule has 29 heavy (non-hydrogen) atoms. The summed E-state index contributed by atoms with van der Waals surface area (Å²) in [5, 5.41) is 0.673. The van der Waals surface area contributed by atoms with E-state index in [1.54, 1.807) is 14.2 Å². The number of fused-ring (bicyclic) bond motifs is 2. The van der Waals surface area contributed by atoms with Crippen molar-refractivity contribution >= 4 is 46.4 Å². The summed E-state index contributed by atoms with van der Waals surface area (Å²) in [5.41, 5.74) is 5.08. The predicted octanol–water partition coefficient (Wildman–Crippen LogP) is 6.17. The van der Waals surface area contributed by atoms with Gasteiger partial charge in [-0.1, -0.05) is 71.7 Å². The molecule has 2 aromatic rings. The monoisotopic (exact) mass is 466 g/mol. The third-order valence-electron chi connectivity index (χ3n) is 7.72. The summed E-state index contributed by atoms with van der Waals surface area (Å²) in [7, 11) is 3.13. The second-order valence-electron chi connectivity index (χ2n) is 8.34. The van der Waals surface area contributed by atoms with Gasteiger partial charge in [0.1, 0.15) is 9.75 Å². The molecular weight excluding hydrogens is 450 g/mol. The highest BCUT2D eigenvalue weighted by Crippen LogP contribution is 2.81. The molecule has 6 heteroatoms. The summed E-state index contributed by atoms with van der Waals surface area (Å²) in [5.74, 6) is -1.55. The zero-order valence-electron chi connectivity index (χ0n) is 15.8. The Morgan fingerprint density at radius 2 is 0.966 bits per heavy atom. The van der Waals surface area contributed by atoms with Crippen LogP contribution < -0.4 is 0 Å². The third kappa shape index (κ3) is 1.70. The second-order valence-corrected chi connectivity index (χ2v) is 10.3. The molecular formula is C23H18Cl4O2. The minimum atomic E-state index is -1.37. The number of ether oxygens (including phenoxy) is 2. The summed E-state index contributed by atoms with van der Waals surface area (Å²) in [6.07, 6.45) is 0. The van der Waals surface area contributed by atoms with E-state index in [0.717, 1.165) is 0 Å². The molecule has 5 aliphatic carbocycles. The second kappa shape index (κ2) is 5.73. The molecule has 4 bridgehead atoms. The molecule has 0 radical (unpaired) electrons. The summed E-state index contributed by atoms with van der Waals surface area (Å²) >= 11 is 28.5.